The van der Waals surface area contributed by atoms with Gasteiger partial charge < -0.3 is 10.2 Å². The zero-order valence-electron chi connectivity index (χ0n) is 17.8. The molecule has 0 radical (unpaired) electrons. The van der Waals surface area contributed by atoms with E-state index in [1.807, 2.05) is 51.1 Å². The number of hydrogen-bond acceptors (Lipinski definition) is 2. The summed E-state index contributed by atoms with van der Waals surface area (Å²) in [6.07, 6.45) is 11.5. The van der Waals surface area contributed by atoms with E-state index in [9.17, 15) is 9.59 Å². The van der Waals surface area contributed by atoms with Crippen molar-refractivity contribution in [3.8, 4) is 0 Å². The fourth-order valence-electron chi connectivity index (χ4n) is 5.13. The van der Waals surface area contributed by atoms with Crippen LogP contribution in [0.3, 0.4) is 0 Å². The van der Waals surface area contributed by atoms with Crippen molar-refractivity contribution < 1.29 is 9.59 Å². The molecule has 3 aliphatic rings. The summed E-state index contributed by atoms with van der Waals surface area (Å²) in [5.74, 6) is -0.178. The zero-order chi connectivity index (χ0) is 20.6. The smallest absolute Gasteiger partial charge is 0.248 e. The first kappa shape index (κ1) is 19.9. The minimum atomic E-state index is -0.621. The number of hydrogen-bond donors (Lipinski definition) is 1. The molecule has 0 saturated heterocycles. The lowest BCUT2D eigenvalue weighted by atomic mass is 9.73. The van der Waals surface area contributed by atoms with Crippen LogP contribution in [0.25, 0.3) is 0 Å². The van der Waals surface area contributed by atoms with E-state index >= 15 is 0 Å². The van der Waals surface area contributed by atoms with Gasteiger partial charge in [-0.05, 0) is 62.2 Å². The summed E-state index contributed by atoms with van der Waals surface area (Å²) >= 11 is 0. The van der Waals surface area contributed by atoms with Gasteiger partial charge >= 0.3 is 0 Å². The number of carbonyl (C=O) groups is 2. The quantitative estimate of drug-likeness (QED) is 0.811. The lowest BCUT2D eigenvalue weighted by molar-refractivity contribution is -0.138. The molecule has 1 spiro atoms. The van der Waals surface area contributed by atoms with Gasteiger partial charge in [0.1, 0.15) is 6.04 Å². The van der Waals surface area contributed by atoms with E-state index in [0.29, 0.717) is 6.54 Å². The Morgan fingerprint density at radius 3 is 2.41 bits per heavy atom. The molecule has 4 heteroatoms. The van der Waals surface area contributed by atoms with E-state index in [-0.39, 0.29) is 22.8 Å². The minimum absolute atomic E-state index is 0.0529. The third-order valence-electron chi connectivity index (χ3n) is 6.38. The lowest BCUT2D eigenvalue weighted by Gasteiger charge is -2.35. The van der Waals surface area contributed by atoms with Crippen LogP contribution in [-0.4, -0.2) is 28.8 Å². The molecule has 4 rings (SSSR count). The van der Waals surface area contributed by atoms with Gasteiger partial charge in [0.05, 0.1) is 0 Å². The van der Waals surface area contributed by atoms with Crippen molar-refractivity contribution in [3.63, 3.8) is 0 Å². The van der Waals surface area contributed by atoms with Crippen LogP contribution in [0, 0.1) is 5.41 Å². The second kappa shape index (κ2) is 7.47. The lowest BCUT2D eigenvalue weighted by Crippen LogP contribution is -2.50. The molecule has 2 amide bonds. The van der Waals surface area contributed by atoms with Crippen molar-refractivity contribution in [1.29, 1.82) is 0 Å². The monoisotopic (exact) mass is 392 g/mol. The average molecular weight is 393 g/mol. The molecule has 1 saturated carbocycles. The molecule has 1 aromatic rings. The van der Waals surface area contributed by atoms with Crippen LogP contribution >= 0.6 is 0 Å². The average Bonchev–Trinajstić information content (AvgIpc) is 2.98. The molecule has 2 aliphatic carbocycles. The highest BCUT2D eigenvalue weighted by Gasteiger charge is 2.42. The maximum absolute atomic E-state index is 13.2. The number of nitrogens with one attached hydrogen (secondary N) is 1. The molecule has 4 nitrogen and oxygen atoms in total. The van der Waals surface area contributed by atoms with Crippen LogP contribution < -0.4 is 5.32 Å². The Morgan fingerprint density at radius 1 is 1.07 bits per heavy atom. The topological polar surface area (TPSA) is 49.4 Å². The Bertz CT molecular complexity index is 855. The Morgan fingerprint density at radius 2 is 1.76 bits per heavy atom. The van der Waals surface area contributed by atoms with Crippen molar-refractivity contribution in [1.82, 2.24) is 10.2 Å². The summed E-state index contributed by atoms with van der Waals surface area (Å²) in [6.45, 7) is 6.42. The summed E-state index contributed by atoms with van der Waals surface area (Å²) in [4.78, 5) is 28.1. The van der Waals surface area contributed by atoms with Crippen molar-refractivity contribution in [2.45, 2.75) is 70.9 Å². The van der Waals surface area contributed by atoms with E-state index < -0.39 is 6.04 Å². The predicted octanol–water partition coefficient (Wildman–Crippen LogP) is 4.69. The molecule has 1 aromatic carbocycles. The summed E-state index contributed by atoms with van der Waals surface area (Å²) in [6, 6.07) is 9.04. The van der Waals surface area contributed by atoms with Crippen LogP contribution in [0.15, 0.2) is 53.6 Å². The molecule has 1 atom stereocenters. The third kappa shape index (κ3) is 4.17. The highest BCUT2D eigenvalue weighted by molar-refractivity contribution is 5.96. The predicted molar refractivity (Wildman–Crippen MR) is 115 cm³/mol. The summed E-state index contributed by atoms with van der Waals surface area (Å²) < 4.78 is 0. The summed E-state index contributed by atoms with van der Waals surface area (Å²) in [5.41, 5.74) is 3.17. The molecule has 1 aliphatic heterocycles. The molecular formula is C25H32N2O2. The first-order chi connectivity index (χ1) is 13.8. The number of amides is 2. The summed E-state index contributed by atoms with van der Waals surface area (Å²) in [7, 11) is 0. The van der Waals surface area contributed by atoms with Gasteiger partial charge in [0.2, 0.25) is 11.8 Å². The van der Waals surface area contributed by atoms with Gasteiger partial charge in [-0.15, -0.1) is 0 Å². The number of carbonyl (C=O) groups excluding carboxylic acids is 2. The molecule has 1 heterocycles. The molecule has 1 fully saturated rings. The molecular weight excluding hydrogens is 360 g/mol. The largest absolute Gasteiger partial charge is 0.349 e. The molecule has 1 N–H and O–H groups in total. The maximum atomic E-state index is 13.2. The van der Waals surface area contributed by atoms with Crippen LogP contribution in [0.2, 0.25) is 0 Å². The molecule has 154 valence electrons. The molecule has 1 unspecified atom stereocenters. The first-order valence-corrected chi connectivity index (χ1v) is 10.9. The SMILES string of the molecule is CC(C)(C)NC(=O)C(c1ccccc1)N1CC2=CC3(CCCCC3)CC2=CC1=O. The first-order valence-electron chi connectivity index (χ1n) is 10.9. The number of fused-ring (bicyclic) bond motifs is 1. The number of nitrogens with zero attached hydrogens (tertiary/aromatic N) is 1. The van der Waals surface area contributed by atoms with Gasteiger partial charge in [0, 0.05) is 18.2 Å². The fourth-order valence-corrected chi connectivity index (χ4v) is 5.13. The maximum Gasteiger partial charge on any atom is 0.248 e. The Hall–Kier alpha value is -2.36. The standard InChI is InChI=1S/C25H32N2O2/c1-24(2,3)26-23(29)22(18-10-6-4-7-11-18)27-17-20-16-25(12-8-5-9-13-25)15-19(20)14-21(27)28/h4,6-7,10-11,14,16,22H,5,8-9,12-13,15,17H2,1-3H3,(H,26,29). The molecule has 29 heavy (non-hydrogen) atoms. The van der Waals surface area contributed by atoms with E-state index in [2.05, 4.69) is 11.4 Å². The highest BCUT2D eigenvalue weighted by atomic mass is 16.2. The Kier molecular flexibility index (Phi) is 5.14. The number of rotatable bonds is 3. The van der Waals surface area contributed by atoms with Gasteiger partial charge in [0.15, 0.2) is 0 Å². The van der Waals surface area contributed by atoms with Gasteiger partial charge in [-0.3, -0.25) is 9.59 Å². The second-order valence-electron chi connectivity index (χ2n) is 9.96. The van der Waals surface area contributed by atoms with Gasteiger partial charge in [0.25, 0.3) is 0 Å². The van der Waals surface area contributed by atoms with Gasteiger partial charge in [-0.1, -0.05) is 55.7 Å². The van der Waals surface area contributed by atoms with Crippen LogP contribution in [-0.2, 0) is 9.59 Å². The normalized spacial score (nSPS) is 22.0. The fraction of sp³-hybridized carbons (Fsp3) is 0.520. The van der Waals surface area contributed by atoms with E-state index in [0.717, 1.165) is 12.0 Å². The van der Waals surface area contributed by atoms with Gasteiger partial charge in [-0.25, -0.2) is 0 Å². The molecule has 0 aromatic heterocycles. The summed E-state index contributed by atoms with van der Waals surface area (Å²) in [5, 5.41) is 3.08. The minimum Gasteiger partial charge on any atom is -0.349 e. The zero-order valence-corrected chi connectivity index (χ0v) is 17.8. The van der Waals surface area contributed by atoms with E-state index in [4.69, 9.17) is 0 Å². The van der Waals surface area contributed by atoms with Gasteiger partial charge in [-0.2, -0.15) is 0 Å². The van der Waals surface area contributed by atoms with E-state index in [1.54, 1.807) is 11.0 Å². The molecule has 0 bridgehead atoms. The van der Waals surface area contributed by atoms with Crippen LogP contribution in [0.4, 0.5) is 0 Å². The number of allylic oxidation sites excluding steroid dienone is 1. The van der Waals surface area contributed by atoms with Crippen molar-refractivity contribution >= 4 is 11.8 Å². The Balaban J connectivity index is 1.66. The Labute approximate surface area is 174 Å². The van der Waals surface area contributed by atoms with E-state index in [1.165, 1.54) is 43.3 Å². The van der Waals surface area contributed by atoms with Crippen molar-refractivity contribution in [3.05, 3.63) is 59.2 Å². The van der Waals surface area contributed by atoms with Crippen molar-refractivity contribution in [2.24, 2.45) is 5.41 Å². The second-order valence-corrected chi connectivity index (χ2v) is 9.96. The van der Waals surface area contributed by atoms with Crippen LogP contribution in [0.5, 0.6) is 0 Å². The van der Waals surface area contributed by atoms with Crippen molar-refractivity contribution in [2.75, 3.05) is 6.54 Å². The highest BCUT2D eigenvalue weighted by Crippen LogP contribution is 2.50. The number of benzene rings is 1. The third-order valence-corrected chi connectivity index (χ3v) is 6.38. The van der Waals surface area contributed by atoms with Crippen LogP contribution in [0.1, 0.15) is 70.9 Å².